The predicted molar refractivity (Wildman–Crippen MR) is 68.9 cm³/mol. The van der Waals surface area contributed by atoms with Crippen LogP contribution in [0.15, 0.2) is 46.9 Å². The highest BCUT2D eigenvalue weighted by molar-refractivity contribution is 5.81. The van der Waals surface area contributed by atoms with Crippen molar-refractivity contribution in [2.75, 3.05) is 0 Å². The maximum Gasteiger partial charge on any atom is 0.192 e. The van der Waals surface area contributed by atoms with Crippen molar-refractivity contribution < 1.29 is 4.42 Å². The number of aromatic nitrogens is 1. The van der Waals surface area contributed by atoms with Crippen molar-refractivity contribution >= 4 is 11.1 Å². The fraction of sp³-hybridized carbons (Fsp3) is 0.133. The van der Waals surface area contributed by atoms with Gasteiger partial charge >= 0.3 is 0 Å². The standard InChI is InChI=1S/C15H13NO/c1-10-5-3-4-6-13(10)12-7-8-15-14(9-12)16-11(2)17-15/h3-9H,1-2H3. The van der Waals surface area contributed by atoms with E-state index in [-0.39, 0.29) is 0 Å². The van der Waals surface area contributed by atoms with E-state index in [4.69, 9.17) is 4.42 Å². The van der Waals surface area contributed by atoms with E-state index in [0.29, 0.717) is 5.89 Å². The lowest BCUT2D eigenvalue weighted by molar-refractivity contribution is 0.561. The zero-order chi connectivity index (χ0) is 11.8. The molecule has 0 fully saturated rings. The third-order valence-electron chi connectivity index (χ3n) is 2.95. The molecule has 2 nitrogen and oxygen atoms in total. The average Bonchev–Trinajstić information content (AvgIpc) is 2.68. The minimum Gasteiger partial charge on any atom is -0.441 e. The molecular weight excluding hydrogens is 210 g/mol. The number of aryl methyl sites for hydroxylation is 2. The number of hydrogen-bond donors (Lipinski definition) is 0. The number of hydrogen-bond acceptors (Lipinski definition) is 2. The van der Waals surface area contributed by atoms with Crippen LogP contribution in [-0.2, 0) is 0 Å². The first kappa shape index (κ1) is 10.1. The van der Waals surface area contributed by atoms with Crippen LogP contribution in [0.25, 0.3) is 22.2 Å². The summed E-state index contributed by atoms with van der Waals surface area (Å²) in [5, 5.41) is 0. The van der Waals surface area contributed by atoms with E-state index in [9.17, 15) is 0 Å². The molecule has 2 aromatic carbocycles. The van der Waals surface area contributed by atoms with E-state index >= 15 is 0 Å². The molecule has 1 heterocycles. The van der Waals surface area contributed by atoms with Crippen molar-refractivity contribution in [3.05, 3.63) is 53.9 Å². The van der Waals surface area contributed by atoms with E-state index in [2.05, 4.69) is 48.3 Å². The van der Waals surface area contributed by atoms with Crippen molar-refractivity contribution in [2.24, 2.45) is 0 Å². The minimum atomic E-state index is 0.710. The summed E-state index contributed by atoms with van der Waals surface area (Å²) in [5.41, 5.74) is 5.47. The summed E-state index contributed by atoms with van der Waals surface area (Å²) >= 11 is 0. The molecule has 0 radical (unpaired) electrons. The molecule has 84 valence electrons. The summed E-state index contributed by atoms with van der Waals surface area (Å²) in [6.07, 6.45) is 0. The number of benzene rings is 2. The predicted octanol–water partition coefficient (Wildman–Crippen LogP) is 4.11. The largest absolute Gasteiger partial charge is 0.441 e. The summed E-state index contributed by atoms with van der Waals surface area (Å²) in [4.78, 5) is 4.36. The van der Waals surface area contributed by atoms with Crippen molar-refractivity contribution in [1.82, 2.24) is 4.98 Å². The molecule has 0 amide bonds. The van der Waals surface area contributed by atoms with Gasteiger partial charge < -0.3 is 4.42 Å². The monoisotopic (exact) mass is 223 g/mol. The van der Waals surface area contributed by atoms with Crippen molar-refractivity contribution in [3.63, 3.8) is 0 Å². The Morgan fingerprint density at radius 3 is 2.65 bits per heavy atom. The topological polar surface area (TPSA) is 26.0 Å². The highest BCUT2D eigenvalue weighted by atomic mass is 16.3. The Kier molecular flexibility index (Phi) is 2.22. The Morgan fingerprint density at radius 1 is 1.00 bits per heavy atom. The van der Waals surface area contributed by atoms with Gasteiger partial charge in [-0.25, -0.2) is 4.98 Å². The molecule has 0 aliphatic rings. The second-order valence-electron chi connectivity index (χ2n) is 4.23. The normalized spacial score (nSPS) is 10.9. The third kappa shape index (κ3) is 1.72. The molecule has 3 aromatic rings. The van der Waals surface area contributed by atoms with Gasteiger partial charge in [0.05, 0.1) is 0 Å². The average molecular weight is 223 g/mol. The number of oxazole rings is 1. The third-order valence-corrected chi connectivity index (χ3v) is 2.95. The molecule has 0 bridgehead atoms. The van der Waals surface area contributed by atoms with Crippen LogP contribution in [0.5, 0.6) is 0 Å². The smallest absolute Gasteiger partial charge is 0.192 e. The molecule has 3 rings (SSSR count). The summed E-state index contributed by atoms with van der Waals surface area (Å²) in [6, 6.07) is 14.5. The lowest BCUT2D eigenvalue weighted by Crippen LogP contribution is -1.82. The first-order valence-electron chi connectivity index (χ1n) is 5.67. The Bertz CT molecular complexity index is 682. The van der Waals surface area contributed by atoms with Crippen LogP contribution < -0.4 is 0 Å². The van der Waals surface area contributed by atoms with Gasteiger partial charge in [0, 0.05) is 6.92 Å². The fourth-order valence-corrected chi connectivity index (χ4v) is 2.11. The Labute approximate surface area is 99.9 Å². The highest BCUT2D eigenvalue weighted by Gasteiger charge is 2.05. The van der Waals surface area contributed by atoms with Crippen LogP contribution in [0, 0.1) is 13.8 Å². The fourth-order valence-electron chi connectivity index (χ4n) is 2.11. The maximum atomic E-state index is 5.48. The van der Waals surface area contributed by atoms with Gasteiger partial charge in [-0.1, -0.05) is 30.3 Å². The van der Waals surface area contributed by atoms with Crippen LogP contribution in [0.3, 0.4) is 0 Å². The first-order chi connectivity index (χ1) is 8.24. The van der Waals surface area contributed by atoms with E-state index in [1.54, 1.807) is 0 Å². The van der Waals surface area contributed by atoms with Gasteiger partial charge in [-0.05, 0) is 35.7 Å². The van der Waals surface area contributed by atoms with Crippen molar-refractivity contribution in [3.8, 4) is 11.1 Å². The zero-order valence-electron chi connectivity index (χ0n) is 9.90. The lowest BCUT2D eigenvalue weighted by Gasteiger charge is -2.04. The molecule has 0 N–H and O–H groups in total. The molecule has 0 unspecified atom stereocenters. The van der Waals surface area contributed by atoms with Gasteiger partial charge in [0.1, 0.15) is 5.52 Å². The van der Waals surface area contributed by atoms with Crippen LogP contribution in [-0.4, -0.2) is 4.98 Å². The Morgan fingerprint density at radius 2 is 1.82 bits per heavy atom. The second kappa shape index (κ2) is 3.74. The van der Waals surface area contributed by atoms with Gasteiger partial charge in [0.2, 0.25) is 0 Å². The Balaban J connectivity index is 2.21. The molecule has 0 aliphatic heterocycles. The summed E-state index contributed by atoms with van der Waals surface area (Å²) in [5.74, 6) is 0.710. The Hall–Kier alpha value is -2.09. The lowest BCUT2D eigenvalue weighted by atomic mass is 10.0. The minimum absolute atomic E-state index is 0.710. The van der Waals surface area contributed by atoms with Crippen LogP contribution in [0.2, 0.25) is 0 Å². The van der Waals surface area contributed by atoms with Crippen molar-refractivity contribution in [2.45, 2.75) is 13.8 Å². The van der Waals surface area contributed by atoms with E-state index in [1.165, 1.54) is 16.7 Å². The van der Waals surface area contributed by atoms with E-state index in [1.807, 2.05) is 13.0 Å². The number of fused-ring (bicyclic) bond motifs is 1. The SMILES string of the molecule is Cc1nc2cc(-c3ccccc3C)ccc2o1. The van der Waals surface area contributed by atoms with Gasteiger partial charge in [0.15, 0.2) is 11.5 Å². The second-order valence-corrected chi connectivity index (χ2v) is 4.23. The zero-order valence-corrected chi connectivity index (χ0v) is 9.90. The number of nitrogens with zero attached hydrogens (tertiary/aromatic N) is 1. The quantitative estimate of drug-likeness (QED) is 0.620. The van der Waals surface area contributed by atoms with Gasteiger partial charge in [-0.2, -0.15) is 0 Å². The van der Waals surface area contributed by atoms with E-state index < -0.39 is 0 Å². The molecule has 0 atom stereocenters. The molecule has 2 heteroatoms. The maximum absolute atomic E-state index is 5.48. The van der Waals surface area contributed by atoms with Crippen LogP contribution >= 0.6 is 0 Å². The molecular formula is C15H13NO. The molecule has 0 aliphatic carbocycles. The summed E-state index contributed by atoms with van der Waals surface area (Å²) < 4.78 is 5.48. The van der Waals surface area contributed by atoms with Crippen LogP contribution in [0.1, 0.15) is 11.5 Å². The highest BCUT2D eigenvalue weighted by Crippen LogP contribution is 2.26. The van der Waals surface area contributed by atoms with Gasteiger partial charge in [-0.15, -0.1) is 0 Å². The summed E-state index contributed by atoms with van der Waals surface area (Å²) in [7, 11) is 0. The van der Waals surface area contributed by atoms with Crippen LogP contribution in [0.4, 0.5) is 0 Å². The first-order valence-corrected chi connectivity index (χ1v) is 5.67. The van der Waals surface area contributed by atoms with Crippen molar-refractivity contribution in [1.29, 1.82) is 0 Å². The molecule has 0 spiro atoms. The summed E-state index contributed by atoms with van der Waals surface area (Å²) in [6.45, 7) is 3.99. The van der Waals surface area contributed by atoms with E-state index in [0.717, 1.165) is 11.1 Å². The molecule has 0 saturated carbocycles. The number of rotatable bonds is 1. The molecule has 1 aromatic heterocycles. The van der Waals surface area contributed by atoms with Gasteiger partial charge in [-0.3, -0.25) is 0 Å². The molecule has 0 saturated heterocycles. The molecule has 17 heavy (non-hydrogen) atoms. The van der Waals surface area contributed by atoms with Gasteiger partial charge in [0.25, 0.3) is 0 Å².